The van der Waals surface area contributed by atoms with Crippen molar-refractivity contribution in [1.82, 2.24) is 0 Å². The van der Waals surface area contributed by atoms with Crippen LogP contribution in [0.3, 0.4) is 0 Å². The molecule has 1 fully saturated rings. The van der Waals surface area contributed by atoms with E-state index in [4.69, 9.17) is 14.2 Å². The molecule has 0 aromatic heterocycles. The SMILES string of the molecule is CCCCCCCC(=O)CC[C@@H]1[C@@H](CC=CCCCC(=O)Oc2ccc(CCOC(=O)CCCCO[N+](=O)[O-])cc2OC)[C@@H](O)C[C@H]1O. The van der Waals surface area contributed by atoms with Gasteiger partial charge in [0, 0.05) is 32.1 Å². The molecule has 2 rings (SSSR count). The van der Waals surface area contributed by atoms with E-state index in [0.717, 1.165) is 24.8 Å². The van der Waals surface area contributed by atoms with Gasteiger partial charge >= 0.3 is 11.9 Å². The van der Waals surface area contributed by atoms with E-state index in [2.05, 4.69) is 11.8 Å². The van der Waals surface area contributed by atoms with Crippen LogP contribution in [0.5, 0.6) is 11.5 Å². The van der Waals surface area contributed by atoms with Crippen molar-refractivity contribution in [1.29, 1.82) is 0 Å². The fourth-order valence-corrected chi connectivity index (χ4v) is 6.01. The lowest BCUT2D eigenvalue weighted by atomic mass is 9.86. The third-order valence-electron chi connectivity index (χ3n) is 8.74. The van der Waals surface area contributed by atoms with Crippen molar-refractivity contribution in [2.24, 2.45) is 11.8 Å². The minimum Gasteiger partial charge on any atom is -0.493 e. The maximum atomic E-state index is 12.5. The molecule has 2 N–H and O–H groups in total. The van der Waals surface area contributed by atoms with Crippen LogP contribution >= 0.6 is 0 Å². The summed E-state index contributed by atoms with van der Waals surface area (Å²) in [5.41, 5.74) is 0.829. The van der Waals surface area contributed by atoms with Gasteiger partial charge in [-0.05, 0) is 80.9 Å². The minimum atomic E-state index is -0.864. The number of allylic oxidation sites excluding steroid dienone is 2. The quantitative estimate of drug-likeness (QED) is 0.0284. The highest BCUT2D eigenvalue weighted by Gasteiger charge is 2.40. The predicted molar refractivity (Wildman–Crippen MR) is 179 cm³/mol. The molecule has 0 saturated heterocycles. The number of Topliss-reactive ketones (excluding diaryl/α,β-unsaturated/α-hetero) is 1. The molecule has 0 heterocycles. The van der Waals surface area contributed by atoms with Crippen molar-refractivity contribution in [2.75, 3.05) is 20.3 Å². The number of unbranched alkanes of at least 4 members (excludes halogenated alkanes) is 6. The zero-order valence-electron chi connectivity index (χ0n) is 28.6. The van der Waals surface area contributed by atoms with E-state index in [-0.39, 0.29) is 43.7 Å². The number of nitrogens with zero attached hydrogens (tertiary/aromatic N) is 1. The molecule has 48 heavy (non-hydrogen) atoms. The normalized spacial score (nSPS) is 18.9. The van der Waals surface area contributed by atoms with E-state index in [1.807, 2.05) is 12.2 Å². The van der Waals surface area contributed by atoms with E-state index in [1.54, 1.807) is 18.2 Å². The third-order valence-corrected chi connectivity index (χ3v) is 8.74. The monoisotopic (exact) mass is 677 g/mol. The van der Waals surface area contributed by atoms with Crippen LogP contribution in [0.4, 0.5) is 0 Å². The molecule has 0 amide bonds. The smallest absolute Gasteiger partial charge is 0.311 e. The Labute approximate surface area is 284 Å². The number of hydrogen-bond donors (Lipinski definition) is 2. The third kappa shape index (κ3) is 16.5. The number of esters is 2. The number of aliphatic hydroxyl groups is 2. The Kier molecular flexibility index (Phi) is 20.1. The van der Waals surface area contributed by atoms with Crippen LogP contribution in [0.15, 0.2) is 30.4 Å². The summed E-state index contributed by atoms with van der Waals surface area (Å²) in [6.45, 7) is 2.26. The molecule has 4 atom stereocenters. The van der Waals surface area contributed by atoms with Crippen LogP contribution in [0.2, 0.25) is 0 Å². The highest BCUT2D eigenvalue weighted by molar-refractivity contribution is 5.78. The van der Waals surface area contributed by atoms with E-state index in [9.17, 15) is 34.7 Å². The van der Waals surface area contributed by atoms with Gasteiger partial charge in [-0.25, -0.2) is 0 Å². The van der Waals surface area contributed by atoms with Crippen molar-refractivity contribution in [3.63, 3.8) is 0 Å². The van der Waals surface area contributed by atoms with Crippen LogP contribution in [-0.4, -0.2) is 65.6 Å². The summed E-state index contributed by atoms with van der Waals surface area (Å²) in [6, 6.07) is 5.13. The summed E-state index contributed by atoms with van der Waals surface area (Å²) in [7, 11) is 1.47. The van der Waals surface area contributed by atoms with Crippen LogP contribution in [-0.2, 0) is 30.4 Å². The summed E-state index contributed by atoms with van der Waals surface area (Å²) in [6.07, 6.45) is 13.8. The molecular weight excluding hydrogens is 622 g/mol. The average molecular weight is 678 g/mol. The summed E-state index contributed by atoms with van der Waals surface area (Å²) in [5.74, 6) is -0.0460. The van der Waals surface area contributed by atoms with Crippen molar-refractivity contribution < 1.29 is 48.7 Å². The molecular formula is C36H55NO11. The van der Waals surface area contributed by atoms with E-state index in [1.165, 1.54) is 20.0 Å². The molecule has 1 saturated carbocycles. The lowest BCUT2D eigenvalue weighted by Gasteiger charge is -2.22. The van der Waals surface area contributed by atoms with Gasteiger partial charge in [0.2, 0.25) is 0 Å². The molecule has 12 nitrogen and oxygen atoms in total. The standard InChI is InChI=1S/C36H55NO11/c1-3-4-5-6-9-14-28(38)19-20-30-29(31(39)26-32(30)40)15-10-7-8-11-17-36(42)48-33-21-18-27(25-34(33)45-2)22-24-46-35(41)16-12-13-23-47-37(43)44/h7,10,18,21,25,29-32,39-40H,3-6,8-9,11-17,19-20,22-24,26H2,1-2H3/t29-,30-,31+,32-/m1/s1. The molecule has 1 aromatic rings. The number of ketones is 1. The number of carbonyl (C=O) groups excluding carboxylic acids is 3. The van der Waals surface area contributed by atoms with Crippen molar-refractivity contribution in [3.8, 4) is 11.5 Å². The number of aliphatic hydroxyl groups excluding tert-OH is 2. The van der Waals surface area contributed by atoms with Gasteiger partial charge in [-0.15, -0.1) is 10.1 Å². The van der Waals surface area contributed by atoms with Crippen LogP contribution < -0.4 is 9.47 Å². The predicted octanol–water partition coefficient (Wildman–Crippen LogP) is 6.25. The first-order chi connectivity index (χ1) is 23.1. The van der Waals surface area contributed by atoms with Gasteiger partial charge in [0.25, 0.3) is 5.09 Å². The highest BCUT2D eigenvalue weighted by atomic mass is 16.9. The molecule has 1 aliphatic carbocycles. The zero-order chi connectivity index (χ0) is 35.1. The Morgan fingerprint density at radius 3 is 2.35 bits per heavy atom. The van der Waals surface area contributed by atoms with E-state index >= 15 is 0 Å². The Balaban J connectivity index is 1.67. The highest BCUT2D eigenvalue weighted by Crippen LogP contribution is 2.38. The molecule has 1 aliphatic rings. The van der Waals surface area contributed by atoms with Crippen molar-refractivity contribution in [2.45, 2.75) is 128 Å². The maximum Gasteiger partial charge on any atom is 0.311 e. The largest absolute Gasteiger partial charge is 0.493 e. The zero-order valence-corrected chi connectivity index (χ0v) is 28.6. The molecule has 270 valence electrons. The number of rotatable bonds is 26. The second-order valence-electron chi connectivity index (χ2n) is 12.5. The van der Waals surface area contributed by atoms with Crippen LogP contribution in [0.1, 0.15) is 115 Å². The summed E-state index contributed by atoms with van der Waals surface area (Å²) >= 11 is 0. The summed E-state index contributed by atoms with van der Waals surface area (Å²) < 4.78 is 16.1. The van der Waals surface area contributed by atoms with Gasteiger partial charge < -0.3 is 29.3 Å². The summed E-state index contributed by atoms with van der Waals surface area (Å²) in [5, 5.41) is 30.3. The fraction of sp³-hybridized carbons (Fsp3) is 0.694. The lowest BCUT2D eigenvalue weighted by molar-refractivity contribution is -0.757. The molecule has 1 aromatic carbocycles. The van der Waals surface area contributed by atoms with Gasteiger partial charge in [-0.3, -0.25) is 14.4 Å². The topological polar surface area (TPSA) is 172 Å². The number of methoxy groups -OCH3 is 1. The second kappa shape index (κ2) is 23.8. The van der Waals surface area contributed by atoms with E-state index in [0.29, 0.717) is 75.7 Å². The minimum absolute atomic E-state index is 0.0575. The summed E-state index contributed by atoms with van der Waals surface area (Å²) in [4.78, 5) is 51.0. The Bertz CT molecular complexity index is 1150. The molecule has 0 bridgehead atoms. The number of carbonyl (C=O) groups is 3. The first-order valence-electron chi connectivity index (χ1n) is 17.5. The van der Waals surface area contributed by atoms with Gasteiger partial charge in [0.15, 0.2) is 11.5 Å². The molecule has 0 spiro atoms. The lowest BCUT2D eigenvalue weighted by Crippen LogP contribution is -2.22. The van der Waals surface area contributed by atoms with E-state index < -0.39 is 29.2 Å². The first kappa shape index (κ1) is 40.7. The average Bonchev–Trinajstić information content (AvgIpc) is 3.32. The van der Waals surface area contributed by atoms with Gasteiger partial charge in [-0.1, -0.05) is 50.8 Å². The molecule has 0 radical (unpaired) electrons. The fourth-order valence-electron chi connectivity index (χ4n) is 6.01. The van der Waals surface area contributed by atoms with Gasteiger partial charge in [0.05, 0.1) is 32.5 Å². The molecule has 0 unspecified atom stereocenters. The van der Waals surface area contributed by atoms with Crippen LogP contribution in [0, 0.1) is 22.0 Å². The molecule has 0 aliphatic heterocycles. The van der Waals surface area contributed by atoms with Crippen molar-refractivity contribution >= 4 is 17.7 Å². The van der Waals surface area contributed by atoms with Crippen molar-refractivity contribution in [3.05, 3.63) is 46.0 Å². The second-order valence-corrected chi connectivity index (χ2v) is 12.5. The number of benzene rings is 1. The number of ether oxygens (including phenoxy) is 3. The van der Waals surface area contributed by atoms with Crippen LogP contribution in [0.25, 0.3) is 0 Å². The maximum absolute atomic E-state index is 12.5. The molecule has 12 heteroatoms. The number of hydrogen-bond acceptors (Lipinski definition) is 11. The van der Waals surface area contributed by atoms with Gasteiger partial charge in [-0.2, -0.15) is 0 Å². The Morgan fingerprint density at radius 2 is 1.60 bits per heavy atom. The first-order valence-corrected chi connectivity index (χ1v) is 17.5. The Morgan fingerprint density at radius 1 is 0.875 bits per heavy atom. The van der Waals surface area contributed by atoms with Gasteiger partial charge in [0.1, 0.15) is 5.78 Å². The Hall–Kier alpha value is -3.51.